The van der Waals surface area contributed by atoms with E-state index in [1.54, 1.807) is 13.8 Å². The van der Waals surface area contributed by atoms with E-state index < -0.39 is 11.4 Å². The number of carbonyl (C=O) groups is 2. The van der Waals surface area contributed by atoms with Gasteiger partial charge in [-0.15, -0.1) is 0 Å². The second kappa shape index (κ2) is 7.11. The summed E-state index contributed by atoms with van der Waals surface area (Å²) in [5.41, 5.74) is 1.06. The molecule has 0 spiro atoms. The van der Waals surface area contributed by atoms with Crippen LogP contribution in [0.5, 0.6) is 5.75 Å². The largest absolute Gasteiger partial charge is 0.483 e. The molecule has 1 atom stereocenters. The topological polar surface area (TPSA) is 75.6 Å². The molecule has 1 aromatic rings. The van der Waals surface area contributed by atoms with Crippen molar-refractivity contribution < 1.29 is 19.4 Å². The number of rotatable bonds is 7. The molecule has 0 saturated carbocycles. The van der Waals surface area contributed by atoms with E-state index in [2.05, 4.69) is 5.32 Å². The lowest BCUT2D eigenvalue weighted by atomic mass is 9.88. The van der Waals surface area contributed by atoms with Crippen LogP contribution in [-0.2, 0) is 9.59 Å². The van der Waals surface area contributed by atoms with E-state index in [0.717, 1.165) is 11.1 Å². The van der Waals surface area contributed by atoms with Gasteiger partial charge in [0.2, 0.25) is 0 Å². The quantitative estimate of drug-likeness (QED) is 0.809. The Hall–Kier alpha value is -2.04. The number of carboxylic acids is 1. The molecule has 2 N–H and O–H groups in total. The van der Waals surface area contributed by atoms with E-state index in [1.165, 1.54) is 0 Å². The molecule has 0 aliphatic carbocycles. The summed E-state index contributed by atoms with van der Waals surface area (Å²) >= 11 is 0. The summed E-state index contributed by atoms with van der Waals surface area (Å²) in [6.45, 7) is 7.22. The Balaban J connectivity index is 2.51. The van der Waals surface area contributed by atoms with Crippen LogP contribution in [0.15, 0.2) is 18.2 Å². The first-order chi connectivity index (χ1) is 9.78. The van der Waals surface area contributed by atoms with Gasteiger partial charge in [0, 0.05) is 6.54 Å². The summed E-state index contributed by atoms with van der Waals surface area (Å²) in [5, 5.41) is 11.8. The first-order valence-corrected chi connectivity index (χ1v) is 6.98. The summed E-state index contributed by atoms with van der Waals surface area (Å²) in [6, 6.07) is 5.78. The molecule has 0 saturated heterocycles. The van der Waals surface area contributed by atoms with Gasteiger partial charge in [-0.25, -0.2) is 0 Å². The normalized spacial score (nSPS) is 13.3. The second-order valence-corrected chi connectivity index (χ2v) is 5.55. The minimum Gasteiger partial charge on any atom is -0.483 e. The maximum absolute atomic E-state index is 11.8. The zero-order valence-electron chi connectivity index (χ0n) is 13.0. The van der Waals surface area contributed by atoms with Crippen molar-refractivity contribution in [1.82, 2.24) is 5.32 Å². The van der Waals surface area contributed by atoms with Gasteiger partial charge in [-0.2, -0.15) is 0 Å². The summed E-state index contributed by atoms with van der Waals surface area (Å²) in [4.78, 5) is 22.9. The minimum atomic E-state index is -0.949. The Kier molecular flexibility index (Phi) is 5.76. The van der Waals surface area contributed by atoms with E-state index >= 15 is 0 Å². The molecule has 0 bridgehead atoms. The Bertz CT molecular complexity index is 527. The fraction of sp³-hybridized carbons (Fsp3) is 0.500. The third kappa shape index (κ3) is 4.77. The van der Waals surface area contributed by atoms with Crippen LogP contribution in [0.4, 0.5) is 0 Å². The van der Waals surface area contributed by atoms with Crippen molar-refractivity contribution in [3.05, 3.63) is 29.3 Å². The van der Waals surface area contributed by atoms with E-state index in [9.17, 15) is 9.59 Å². The first-order valence-electron chi connectivity index (χ1n) is 6.98. The summed E-state index contributed by atoms with van der Waals surface area (Å²) in [6.07, 6.45) is 0.445. The molecular weight excluding hydrogens is 270 g/mol. The molecule has 116 valence electrons. The Morgan fingerprint density at radius 1 is 1.33 bits per heavy atom. The maximum Gasteiger partial charge on any atom is 0.311 e. The van der Waals surface area contributed by atoms with Crippen LogP contribution in [0.25, 0.3) is 0 Å². The average Bonchev–Trinajstić information content (AvgIpc) is 2.45. The van der Waals surface area contributed by atoms with Crippen LogP contribution in [0, 0.1) is 19.3 Å². The first kappa shape index (κ1) is 17.0. The van der Waals surface area contributed by atoms with Gasteiger partial charge in [0.05, 0.1) is 5.41 Å². The third-order valence-electron chi connectivity index (χ3n) is 3.67. The monoisotopic (exact) mass is 293 g/mol. The van der Waals surface area contributed by atoms with Gasteiger partial charge >= 0.3 is 5.97 Å². The van der Waals surface area contributed by atoms with Crippen molar-refractivity contribution in [2.24, 2.45) is 5.41 Å². The molecule has 5 nitrogen and oxygen atoms in total. The molecule has 1 aromatic carbocycles. The number of carboxylic acid groups (broad SMARTS) is 1. The fourth-order valence-corrected chi connectivity index (χ4v) is 1.70. The highest BCUT2D eigenvalue weighted by Crippen LogP contribution is 2.20. The number of carbonyl (C=O) groups excluding carboxylic acids is 1. The van der Waals surface area contributed by atoms with Crippen LogP contribution in [-0.4, -0.2) is 30.1 Å². The lowest BCUT2D eigenvalue weighted by molar-refractivity contribution is -0.148. The highest BCUT2D eigenvalue weighted by molar-refractivity contribution is 5.79. The van der Waals surface area contributed by atoms with E-state index in [1.807, 2.05) is 32.0 Å². The van der Waals surface area contributed by atoms with Crippen LogP contribution < -0.4 is 10.1 Å². The van der Waals surface area contributed by atoms with Gasteiger partial charge in [0.15, 0.2) is 6.61 Å². The van der Waals surface area contributed by atoms with E-state index in [4.69, 9.17) is 9.84 Å². The van der Waals surface area contributed by atoms with Crippen molar-refractivity contribution in [2.45, 2.75) is 34.1 Å². The lowest BCUT2D eigenvalue weighted by Gasteiger charge is -2.23. The Morgan fingerprint density at radius 2 is 2.00 bits per heavy atom. The highest BCUT2D eigenvalue weighted by atomic mass is 16.5. The molecule has 0 radical (unpaired) electrons. The number of hydrogen-bond acceptors (Lipinski definition) is 3. The number of benzene rings is 1. The van der Waals surface area contributed by atoms with Crippen LogP contribution >= 0.6 is 0 Å². The third-order valence-corrected chi connectivity index (χ3v) is 3.67. The van der Waals surface area contributed by atoms with Gasteiger partial charge in [-0.1, -0.05) is 19.1 Å². The molecule has 5 heteroatoms. The molecule has 21 heavy (non-hydrogen) atoms. The summed E-state index contributed by atoms with van der Waals surface area (Å²) < 4.78 is 5.48. The molecular formula is C16H23NO4. The van der Waals surface area contributed by atoms with Crippen molar-refractivity contribution in [3.8, 4) is 5.75 Å². The molecule has 1 amide bonds. The Morgan fingerprint density at radius 3 is 2.57 bits per heavy atom. The maximum atomic E-state index is 11.8. The number of nitrogens with one attached hydrogen (secondary N) is 1. The smallest absolute Gasteiger partial charge is 0.311 e. The molecule has 1 unspecified atom stereocenters. The SMILES string of the molecule is CCC(C)(CNC(=O)COc1cc(C)ccc1C)C(=O)O. The Labute approximate surface area is 125 Å². The summed E-state index contributed by atoms with van der Waals surface area (Å²) in [7, 11) is 0. The number of hydrogen-bond donors (Lipinski definition) is 2. The van der Waals surface area contributed by atoms with Crippen molar-refractivity contribution in [2.75, 3.05) is 13.2 Å². The van der Waals surface area contributed by atoms with E-state index in [-0.39, 0.29) is 19.1 Å². The predicted molar refractivity (Wildman–Crippen MR) is 80.5 cm³/mol. The highest BCUT2D eigenvalue weighted by Gasteiger charge is 2.31. The summed E-state index contributed by atoms with van der Waals surface area (Å²) in [5.74, 6) is -0.570. The minimum absolute atomic E-state index is 0.0911. The van der Waals surface area contributed by atoms with Gasteiger partial charge in [-0.05, 0) is 44.4 Å². The van der Waals surface area contributed by atoms with Gasteiger partial charge in [0.25, 0.3) is 5.91 Å². The van der Waals surface area contributed by atoms with Crippen molar-refractivity contribution in [3.63, 3.8) is 0 Å². The molecule has 0 aliphatic rings. The molecule has 0 fully saturated rings. The second-order valence-electron chi connectivity index (χ2n) is 5.55. The molecule has 0 aromatic heterocycles. The van der Waals surface area contributed by atoms with Gasteiger partial charge in [0.1, 0.15) is 5.75 Å². The van der Waals surface area contributed by atoms with Crippen LogP contribution in [0.2, 0.25) is 0 Å². The molecule has 0 heterocycles. The number of amides is 1. The van der Waals surface area contributed by atoms with Gasteiger partial charge < -0.3 is 15.2 Å². The number of aliphatic carboxylic acids is 1. The van der Waals surface area contributed by atoms with Crippen LogP contribution in [0.1, 0.15) is 31.4 Å². The fourth-order valence-electron chi connectivity index (χ4n) is 1.70. The number of aryl methyl sites for hydroxylation is 2. The predicted octanol–water partition coefficient (Wildman–Crippen LogP) is 2.30. The lowest BCUT2D eigenvalue weighted by Crippen LogP contribution is -2.42. The zero-order chi connectivity index (χ0) is 16.0. The standard InChI is InChI=1S/C16H23NO4/c1-5-16(4,15(19)20)10-17-14(18)9-21-13-8-11(2)6-7-12(13)3/h6-8H,5,9-10H2,1-4H3,(H,17,18)(H,19,20). The van der Waals surface area contributed by atoms with Crippen molar-refractivity contribution >= 4 is 11.9 Å². The molecule has 1 rings (SSSR count). The van der Waals surface area contributed by atoms with Gasteiger partial charge in [-0.3, -0.25) is 9.59 Å². The average molecular weight is 293 g/mol. The number of ether oxygens (including phenoxy) is 1. The van der Waals surface area contributed by atoms with Crippen LogP contribution in [0.3, 0.4) is 0 Å². The van der Waals surface area contributed by atoms with Crippen molar-refractivity contribution in [1.29, 1.82) is 0 Å². The zero-order valence-corrected chi connectivity index (χ0v) is 13.0. The van der Waals surface area contributed by atoms with E-state index in [0.29, 0.717) is 12.2 Å². The molecule has 0 aliphatic heterocycles.